The van der Waals surface area contributed by atoms with Gasteiger partial charge in [0.15, 0.2) is 0 Å². The number of rotatable bonds is 3. The molecule has 1 aliphatic rings. The van der Waals surface area contributed by atoms with E-state index in [4.69, 9.17) is 5.11 Å². The fourth-order valence-corrected chi connectivity index (χ4v) is 2.29. The van der Waals surface area contributed by atoms with Crippen molar-refractivity contribution in [1.82, 2.24) is 0 Å². The summed E-state index contributed by atoms with van der Waals surface area (Å²) in [4.78, 5) is 25.1. The Kier molecular flexibility index (Phi) is 3.60. The molecule has 4 nitrogen and oxygen atoms in total. The lowest BCUT2D eigenvalue weighted by Crippen LogP contribution is -2.35. The Labute approximate surface area is 113 Å². The van der Waals surface area contributed by atoms with E-state index in [1.807, 2.05) is 20.8 Å². The van der Waals surface area contributed by atoms with Crippen LogP contribution < -0.4 is 4.90 Å². The molecule has 19 heavy (non-hydrogen) atoms. The van der Waals surface area contributed by atoms with Crippen molar-refractivity contribution in [2.45, 2.75) is 27.2 Å². The Morgan fingerprint density at radius 1 is 1.26 bits per heavy atom. The molecular formula is C15H19NO3. The first-order valence-corrected chi connectivity index (χ1v) is 6.59. The van der Waals surface area contributed by atoms with Crippen LogP contribution in [0.5, 0.6) is 0 Å². The minimum atomic E-state index is -0.928. The number of carboxylic acids is 1. The second-order valence-electron chi connectivity index (χ2n) is 5.42. The molecule has 1 aromatic carbocycles. The van der Waals surface area contributed by atoms with Gasteiger partial charge in [0.05, 0.1) is 5.56 Å². The van der Waals surface area contributed by atoms with Gasteiger partial charge in [0.25, 0.3) is 0 Å². The fraction of sp³-hybridized carbons (Fsp3) is 0.467. The summed E-state index contributed by atoms with van der Waals surface area (Å²) in [5.41, 5.74) is 2.09. The summed E-state index contributed by atoms with van der Waals surface area (Å²) in [6.07, 6.45) is 0.729. The summed E-state index contributed by atoms with van der Waals surface area (Å²) in [7, 11) is 0. The minimum Gasteiger partial charge on any atom is -0.478 e. The smallest absolute Gasteiger partial charge is 0.335 e. The Bertz CT molecular complexity index is 522. The first kappa shape index (κ1) is 13.6. The van der Waals surface area contributed by atoms with Crippen LogP contribution in [0, 0.1) is 11.8 Å². The number of amides is 1. The number of fused-ring (bicyclic) bond motifs is 1. The van der Waals surface area contributed by atoms with E-state index in [1.54, 1.807) is 23.1 Å². The summed E-state index contributed by atoms with van der Waals surface area (Å²) in [6.45, 7) is 6.66. The van der Waals surface area contributed by atoms with E-state index in [0.29, 0.717) is 12.5 Å². The van der Waals surface area contributed by atoms with Crippen molar-refractivity contribution in [2.24, 2.45) is 11.8 Å². The molecular weight excluding hydrogens is 242 g/mol. The van der Waals surface area contributed by atoms with Crippen LogP contribution in [-0.4, -0.2) is 23.5 Å². The second kappa shape index (κ2) is 5.03. The molecule has 102 valence electrons. The molecule has 0 fully saturated rings. The van der Waals surface area contributed by atoms with Crippen molar-refractivity contribution in [3.8, 4) is 0 Å². The average Bonchev–Trinajstić information content (AvgIpc) is 2.79. The van der Waals surface area contributed by atoms with Crippen LogP contribution in [0.3, 0.4) is 0 Å². The molecule has 1 aromatic rings. The maximum atomic E-state index is 12.4. The molecule has 1 amide bonds. The predicted molar refractivity (Wildman–Crippen MR) is 73.5 cm³/mol. The van der Waals surface area contributed by atoms with Gasteiger partial charge in [0.2, 0.25) is 5.91 Å². The van der Waals surface area contributed by atoms with Gasteiger partial charge in [-0.3, -0.25) is 4.79 Å². The van der Waals surface area contributed by atoms with Gasteiger partial charge in [-0.25, -0.2) is 4.79 Å². The Balaban J connectivity index is 2.28. The molecule has 1 unspecified atom stereocenters. The zero-order chi connectivity index (χ0) is 14.2. The molecule has 1 N–H and O–H groups in total. The molecule has 1 atom stereocenters. The Morgan fingerprint density at radius 3 is 2.53 bits per heavy atom. The summed E-state index contributed by atoms with van der Waals surface area (Å²) in [5.74, 6) is -0.528. The number of benzene rings is 1. The molecule has 1 heterocycles. The third kappa shape index (κ3) is 2.48. The second-order valence-corrected chi connectivity index (χ2v) is 5.42. The average molecular weight is 261 g/mol. The van der Waals surface area contributed by atoms with Crippen LogP contribution in [0.1, 0.15) is 36.7 Å². The van der Waals surface area contributed by atoms with Crippen LogP contribution in [0.2, 0.25) is 0 Å². The summed E-state index contributed by atoms with van der Waals surface area (Å²) in [5, 5.41) is 8.97. The number of hydrogen-bond acceptors (Lipinski definition) is 2. The topological polar surface area (TPSA) is 57.6 Å². The van der Waals surface area contributed by atoms with Crippen LogP contribution >= 0.6 is 0 Å². The molecule has 0 aromatic heterocycles. The molecule has 0 bridgehead atoms. The van der Waals surface area contributed by atoms with E-state index in [2.05, 4.69) is 0 Å². The summed E-state index contributed by atoms with van der Waals surface area (Å²) >= 11 is 0. The van der Waals surface area contributed by atoms with Gasteiger partial charge in [0, 0.05) is 18.2 Å². The SMILES string of the molecule is CC(C)C(C)C(=O)N1CCc2cc(C(=O)O)ccc21. The number of carbonyl (C=O) groups is 2. The van der Waals surface area contributed by atoms with Gasteiger partial charge >= 0.3 is 5.97 Å². The quantitative estimate of drug-likeness (QED) is 0.909. The molecule has 0 aliphatic carbocycles. The third-order valence-electron chi connectivity index (χ3n) is 3.88. The van der Waals surface area contributed by atoms with Gasteiger partial charge in [-0.15, -0.1) is 0 Å². The number of aromatic carboxylic acids is 1. The highest BCUT2D eigenvalue weighted by Crippen LogP contribution is 2.31. The maximum absolute atomic E-state index is 12.4. The highest BCUT2D eigenvalue weighted by molar-refractivity contribution is 5.98. The Morgan fingerprint density at radius 2 is 1.95 bits per heavy atom. The van der Waals surface area contributed by atoms with Crippen LogP contribution in [0.4, 0.5) is 5.69 Å². The first-order chi connectivity index (χ1) is 8.91. The molecule has 1 aliphatic heterocycles. The molecule has 0 saturated heterocycles. The van der Waals surface area contributed by atoms with Crippen molar-refractivity contribution in [3.63, 3.8) is 0 Å². The highest BCUT2D eigenvalue weighted by atomic mass is 16.4. The number of carbonyl (C=O) groups excluding carboxylic acids is 1. The minimum absolute atomic E-state index is 0.0231. The van der Waals surface area contributed by atoms with Crippen molar-refractivity contribution in [2.75, 3.05) is 11.4 Å². The molecule has 4 heteroatoms. The van der Waals surface area contributed by atoms with Gasteiger partial charge in [-0.2, -0.15) is 0 Å². The number of nitrogens with zero attached hydrogens (tertiary/aromatic N) is 1. The normalized spacial score (nSPS) is 15.5. The van der Waals surface area contributed by atoms with E-state index in [1.165, 1.54) is 0 Å². The number of hydrogen-bond donors (Lipinski definition) is 1. The fourth-order valence-electron chi connectivity index (χ4n) is 2.29. The molecule has 0 saturated carbocycles. The lowest BCUT2D eigenvalue weighted by Gasteiger charge is -2.23. The van der Waals surface area contributed by atoms with Crippen LogP contribution in [0.15, 0.2) is 18.2 Å². The third-order valence-corrected chi connectivity index (χ3v) is 3.88. The van der Waals surface area contributed by atoms with Gasteiger partial charge in [0.1, 0.15) is 0 Å². The van der Waals surface area contributed by atoms with E-state index >= 15 is 0 Å². The molecule has 0 spiro atoms. The van der Waals surface area contributed by atoms with Crippen LogP contribution in [0.25, 0.3) is 0 Å². The predicted octanol–water partition coefficient (Wildman–Crippen LogP) is 2.57. The van der Waals surface area contributed by atoms with Crippen molar-refractivity contribution >= 4 is 17.6 Å². The Hall–Kier alpha value is -1.84. The van der Waals surface area contributed by atoms with Crippen molar-refractivity contribution < 1.29 is 14.7 Å². The highest BCUT2D eigenvalue weighted by Gasteiger charge is 2.29. The molecule has 2 rings (SSSR count). The van der Waals surface area contributed by atoms with E-state index in [0.717, 1.165) is 17.7 Å². The van der Waals surface area contributed by atoms with E-state index in [9.17, 15) is 9.59 Å². The lowest BCUT2D eigenvalue weighted by atomic mass is 9.96. The maximum Gasteiger partial charge on any atom is 0.335 e. The van der Waals surface area contributed by atoms with Crippen molar-refractivity contribution in [1.29, 1.82) is 0 Å². The largest absolute Gasteiger partial charge is 0.478 e. The van der Waals surface area contributed by atoms with E-state index < -0.39 is 5.97 Å². The molecule has 0 radical (unpaired) electrons. The summed E-state index contributed by atoms with van der Waals surface area (Å²) in [6, 6.07) is 4.98. The first-order valence-electron chi connectivity index (χ1n) is 6.59. The standard InChI is InChI=1S/C15H19NO3/c1-9(2)10(3)14(17)16-7-6-11-8-12(15(18)19)4-5-13(11)16/h4-5,8-10H,6-7H2,1-3H3,(H,18,19). The van der Waals surface area contributed by atoms with Gasteiger partial charge in [-0.05, 0) is 36.1 Å². The van der Waals surface area contributed by atoms with Crippen molar-refractivity contribution in [3.05, 3.63) is 29.3 Å². The van der Waals surface area contributed by atoms with Crippen LogP contribution in [-0.2, 0) is 11.2 Å². The monoisotopic (exact) mass is 261 g/mol. The van der Waals surface area contributed by atoms with Gasteiger partial charge in [-0.1, -0.05) is 20.8 Å². The zero-order valence-corrected chi connectivity index (χ0v) is 11.5. The van der Waals surface area contributed by atoms with E-state index in [-0.39, 0.29) is 17.4 Å². The number of anilines is 1. The lowest BCUT2D eigenvalue weighted by molar-refractivity contribution is -0.122. The van der Waals surface area contributed by atoms with Gasteiger partial charge < -0.3 is 10.0 Å². The summed E-state index contributed by atoms with van der Waals surface area (Å²) < 4.78 is 0. The number of carboxylic acid groups (broad SMARTS) is 1. The zero-order valence-electron chi connectivity index (χ0n) is 11.5.